The van der Waals surface area contributed by atoms with Crippen molar-refractivity contribution in [1.82, 2.24) is 4.98 Å². The van der Waals surface area contributed by atoms with Crippen LogP contribution in [0.4, 0.5) is 10.5 Å². The molecule has 0 aromatic carbocycles. The van der Waals surface area contributed by atoms with E-state index in [1.807, 2.05) is 0 Å². The smallest absolute Gasteiger partial charge is 0.388 e. The van der Waals surface area contributed by atoms with Crippen molar-refractivity contribution in [3.8, 4) is 5.88 Å². The fourth-order valence-corrected chi connectivity index (χ4v) is 0.889. The maximum absolute atomic E-state index is 10.4. The van der Waals surface area contributed by atoms with Crippen LogP contribution >= 0.6 is 11.6 Å². The summed E-state index contributed by atoms with van der Waals surface area (Å²) >= 11 is 4.92. The van der Waals surface area contributed by atoms with E-state index in [9.17, 15) is 14.9 Å². The Morgan fingerprint density at radius 3 is 2.79 bits per heavy atom. The van der Waals surface area contributed by atoms with Gasteiger partial charge in [0.2, 0.25) is 0 Å². The number of aryl methyl sites for hydroxylation is 1. The summed E-state index contributed by atoms with van der Waals surface area (Å²) in [6, 6.07) is 2.63. The summed E-state index contributed by atoms with van der Waals surface area (Å²) in [6.07, 6.45) is 0. The predicted octanol–water partition coefficient (Wildman–Crippen LogP) is 2.04. The highest BCUT2D eigenvalue weighted by Gasteiger charge is 2.18. The normalized spacial score (nSPS) is 9.57. The van der Waals surface area contributed by atoms with Crippen molar-refractivity contribution in [2.24, 2.45) is 0 Å². The van der Waals surface area contributed by atoms with Gasteiger partial charge < -0.3 is 4.74 Å². The monoisotopic (exact) mass is 216 g/mol. The van der Waals surface area contributed by atoms with Crippen molar-refractivity contribution >= 4 is 22.7 Å². The Morgan fingerprint density at radius 2 is 2.29 bits per heavy atom. The van der Waals surface area contributed by atoms with Gasteiger partial charge in [-0.2, -0.15) is 0 Å². The largest absolute Gasteiger partial charge is 0.410 e. The Balaban J connectivity index is 3.15. The number of carbonyl (C=O) groups excluding carboxylic acids is 1. The third kappa shape index (κ3) is 2.40. The molecule has 0 unspecified atom stereocenters. The van der Waals surface area contributed by atoms with E-state index in [0.717, 1.165) is 0 Å². The van der Waals surface area contributed by atoms with Crippen LogP contribution in [0.1, 0.15) is 5.69 Å². The van der Waals surface area contributed by atoms with Crippen molar-refractivity contribution in [2.75, 3.05) is 0 Å². The van der Waals surface area contributed by atoms with Gasteiger partial charge in [0.15, 0.2) is 0 Å². The number of nitrogens with zero attached hydrogens (tertiary/aromatic N) is 2. The first-order valence-corrected chi connectivity index (χ1v) is 3.88. The van der Waals surface area contributed by atoms with Crippen LogP contribution in [0.3, 0.4) is 0 Å². The summed E-state index contributed by atoms with van der Waals surface area (Å²) in [7, 11) is 0. The van der Waals surface area contributed by atoms with Gasteiger partial charge in [-0.25, -0.2) is 9.78 Å². The molecule has 0 saturated heterocycles. The molecule has 1 aromatic heterocycles. The van der Waals surface area contributed by atoms with Crippen LogP contribution in [-0.2, 0) is 0 Å². The molecule has 0 aliphatic rings. The molecule has 0 spiro atoms. The minimum atomic E-state index is -1.16. The first-order chi connectivity index (χ1) is 6.50. The molecule has 1 heterocycles. The lowest BCUT2D eigenvalue weighted by atomic mass is 10.3. The third-order valence-electron chi connectivity index (χ3n) is 1.35. The molecular weight excluding hydrogens is 212 g/mol. The highest BCUT2D eigenvalue weighted by molar-refractivity contribution is 6.61. The lowest BCUT2D eigenvalue weighted by Gasteiger charge is -2.00. The number of aromatic nitrogens is 1. The van der Waals surface area contributed by atoms with E-state index in [1.165, 1.54) is 12.1 Å². The third-order valence-corrected chi connectivity index (χ3v) is 1.43. The second kappa shape index (κ2) is 4.01. The average Bonchev–Trinajstić information content (AvgIpc) is 2.01. The van der Waals surface area contributed by atoms with E-state index >= 15 is 0 Å². The Morgan fingerprint density at radius 1 is 1.64 bits per heavy atom. The Kier molecular flexibility index (Phi) is 2.98. The van der Waals surface area contributed by atoms with Gasteiger partial charge in [0, 0.05) is 23.4 Å². The van der Waals surface area contributed by atoms with E-state index in [0.29, 0.717) is 5.69 Å². The average molecular weight is 217 g/mol. The first-order valence-electron chi connectivity index (χ1n) is 3.50. The van der Waals surface area contributed by atoms with Gasteiger partial charge in [0.1, 0.15) is 0 Å². The number of hydrogen-bond donors (Lipinski definition) is 0. The molecule has 0 aliphatic heterocycles. The van der Waals surface area contributed by atoms with E-state index in [1.54, 1.807) is 6.92 Å². The molecule has 14 heavy (non-hydrogen) atoms. The lowest BCUT2D eigenvalue weighted by Crippen LogP contribution is -2.03. The Labute approximate surface area is 83.6 Å². The van der Waals surface area contributed by atoms with Crippen LogP contribution in [0, 0.1) is 17.0 Å². The van der Waals surface area contributed by atoms with E-state index in [-0.39, 0.29) is 0 Å². The number of carbonyl (C=O) groups is 1. The molecule has 0 N–H and O–H groups in total. The molecule has 0 fully saturated rings. The summed E-state index contributed by atoms with van der Waals surface area (Å²) < 4.78 is 4.36. The lowest BCUT2D eigenvalue weighted by molar-refractivity contribution is -0.385. The maximum Gasteiger partial charge on any atom is 0.410 e. The highest BCUT2D eigenvalue weighted by Crippen LogP contribution is 2.24. The zero-order valence-electron chi connectivity index (χ0n) is 7.06. The molecule has 0 atom stereocenters. The molecule has 74 valence electrons. The SMILES string of the molecule is Cc1ccc([N+](=O)[O-])c(OC(=O)Cl)n1. The van der Waals surface area contributed by atoms with Crippen LogP contribution in [0.5, 0.6) is 5.88 Å². The molecule has 0 amide bonds. The molecule has 0 bridgehead atoms. The number of halogens is 1. The molecule has 0 radical (unpaired) electrons. The molecule has 7 heteroatoms. The van der Waals surface area contributed by atoms with E-state index < -0.39 is 21.9 Å². The second-order valence-electron chi connectivity index (χ2n) is 2.37. The zero-order chi connectivity index (χ0) is 10.7. The fourth-order valence-electron chi connectivity index (χ4n) is 0.816. The molecule has 6 nitrogen and oxygen atoms in total. The molecule has 0 saturated carbocycles. The minimum Gasteiger partial charge on any atom is -0.388 e. The number of pyridine rings is 1. The minimum absolute atomic E-state index is 0.394. The van der Waals surface area contributed by atoms with Gasteiger partial charge in [-0.3, -0.25) is 10.1 Å². The van der Waals surface area contributed by atoms with Gasteiger partial charge in [0.05, 0.1) is 4.92 Å². The number of nitro groups is 1. The Hall–Kier alpha value is -1.69. The molecule has 0 aliphatic carbocycles. The summed E-state index contributed by atoms with van der Waals surface area (Å²) in [6.45, 7) is 1.61. The number of ether oxygens (including phenoxy) is 1. The van der Waals surface area contributed by atoms with Crippen LogP contribution in [0.15, 0.2) is 12.1 Å². The topological polar surface area (TPSA) is 82.3 Å². The molecule has 1 aromatic rings. The van der Waals surface area contributed by atoms with Crippen molar-refractivity contribution in [3.05, 3.63) is 27.9 Å². The maximum atomic E-state index is 10.4. The second-order valence-corrected chi connectivity index (χ2v) is 2.68. The van der Waals surface area contributed by atoms with Gasteiger partial charge in [0.25, 0.3) is 0 Å². The van der Waals surface area contributed by atoms with E-state index in [4.69, 9.17) is 11.6 Å². The van der Waals surface area contributed by atoms with E-state index in [2.05, 4.69) is 9.72 Å². The van der Waals surface area contributed by atoms with Crippen molar-refractivity contribution in [2.45, 2.75) is 6.92 Å². The molecular formula is C7H5ClN2O4. The van der Waals surface area contributed by atoms with Crippen LogP contribution < -0.4 is 4.74 Å². The first kappa shape index (κ1) is 10.4. The zero-order valence-corrected chi connectivity index (χ0v) is 7.82. The summed E-state index contributed by atoms with van der Waals surface area (Å²) in [5, 5.41) is 10.4. The summed E-state index contributed by atoms with van der Waals surface area (Å²) in [5.41, 5.74) is -1.07. The van der Waals surface area contributed by atoms with Crippen LogP contribution in [0.25, 0.3) is 0 Å². The highest BCUT2D eigenvalue weighted by atomic mass is 35.5. The van der Waals surface area contributed by atoms with Gasteiger partial charge in [-0.05, 0) is 13.0 Å². The Bertz CT molecular complexity index is 393. The van der Waals surface area contributed by atoms with Gasteiger partial charge in [-0.15, -0.1) is 0 Å². The standard InChI is InChI=1S/C7H5ClN2O4/c1-4-2-3-5(10(12)13)6(9-4)14-7(8)11/h2-3H,1H3. The van der Waals surface area contributed by atoms with Crippen LogP contribution in [0.2, 0.25) is 0 Å². The van der Waals surface area contributed by atoms with Crippen LogP contribution in [-0.4, -0.2) is 15.3 Å². The van der Waals surface area contributed by atoms with Gasteiger partial charge in [-0.1, -0.05) is 0 Å². The number of hydrogen-bond acceptors (Lipinski definition) is 5. The predicted molar refractivity (Wildman–Crippen MR) is 47.5 cm³/mol. The van der Waals surface area contributed by atoms with Crippen molar-refractivity contribution in [1.29, 1.82) is 0 Å². The van der Waals surface area contributed by atoms with Crippen molar-refractivity contribution < 1.29 is 14.5 Å². The van der Waals surface area contributed by atoms with Gasteiger partial charge >= 0.3 is 17.0 Å². The number of rotatable bonds is 2. The quantitative estimate of drug-likeness (QED) is 0.429. The summed E-state index contributed by atoms with van der Waals surface area (Å²) in [5.74, 6) is -0.394. The molecule has 1 rings (SSSR count). The van der Waals surface area contributed by atoms with Crippen molar-refractivity contribution in [3.63, 3.8) is 0 Å². The summed E-state index contributed by atoms with van der Waals surface area (Å²) in [4.78, 5) is 23.8. The fraction of sp³-hybridized carbons (Fsp3) is 0.143.